The minimum atomic E-state index is -0.214. The van der Waals surface area contributed by atoms with Gasteiger partial charge in [0.25, 0.3) is 0 Å². The summed E-state index contributed by atoms with van der Waals surface area (Å²) in [5.41, 5.74) is 3.36. The number of carbonyl (C=O) groups is 1. The normalized spacial score (nSPS) is 16.7. The highest BCUT2D eigenvalue weighted by Crippen LogP contribution is 2.23. The lowest BCUT2D eigenvalue weighted by Gasteiger charge is -2.30. The van der Waals surface area contributed by atoms with Gasteiger partial charge in [-0.3, -0.25) is 15.0 Å². The van der Waals surface area contributed by atoms with Crippen LogP contribution in [0.3, 0.4) is 0 Å². The standard InChI is InChI=1S/C18H21N3O2/c1-13-12-17(23-20-13)19-18(22)14(2)21-10-8-16(9-11-21)15-6-4-3-5-7-15/h3-8,12,14H,9-11H2,1-2H3,(H,19,22)/t14-/m0/s1. The van der Waals surface area contributed by atoms with E-state index in [1.807, 2.05) is 19.9 Å². The summed E-state index contributed by atoms with van der Waals surface area (Å²) in [7, 11) is 0. The summed E-state index contributed by atoms with van der Waals surface area (Å²) < 4.78 is 5.03. The number of hydrogen-bond acceptors (Lipinski definition) is 4. The van der Waals surface area contributed by atoms with Crippen LogP contribution >= 0.6 is 0 Å². The SMILES string of the molecule is Cc1cc(NC(=O)[C@H](C)N2CC=C(c3ccccc3)CC2)on1. The number of rotatable bonds is 4. The predicted octanol–water partition coefficient (Wildman–Crippen LogP) is 3.10. The molecule has 5 heteroatoms. The molecule has 1 aliphatic heterocycles. The third kappa shape index (κ3) is 3.68. The first-order valence-electron chi connectivity index (χ1n) is 7.86. The Morgan fingerprint density at radius 1 is 1.35 bits per heavy atom. The number of carbonyl (C=O) groups excluding carboxylic acids is 1. The van der Waals surface area contributed by atoms with E-state index in [0.29, 0.717) is 5.88 Å². The van der Waals surface area contributed by atoms with Gasteiger partial charge in [-0.1, -0.05) is 41.6 Å². The zero-order valence-corrected chi connectivity index (χ0v) is 13.5. The molecule has 1 aliphatic rings. The number of aromatic nitrogens is 1. The van der Waals surface area contributed by atoms with Crippen molar-refractivity contribution >= 4 is 17.4 Å². The van der Waals surface area contributed by atoms with Crippen LogP contribution in [-0.2, 0) is 4.79 Å². The molecule has 0 radical (unpaired) electrons. The highest BCUT2D eigenvalue weighted by Gasteiger charge is 2.24. The van der Waals surface area contributed by atoms with Crippen molar-refractivity contribution in [1.82, 2.24) is 10.1 Å². The van der Waals surface area contributed by atoms with E-state index in [-0.39, 0.29) is 11.9 Å². The summed E-state index contributed by atoms with van der Waals surface area (Å²) >= 11 is 0. The van der Waals surface area contributed by atoms with Crippen molar-refractivity contribution in [2.75, 3.05) is 18.4 Å². The van der Waals surface area contributed by atoms with Gasteiger partial charge in [0.1, 0.15) is 0 Å². The summed E-state index contributed by atoms with van der Waals surface area (Å²) in [5, 5.41) is 6.54. The number of aryl methyl sites for hydroxylation is 1. The fourth-order valence-corrected chi connectivity index (χ4v) is 2.77. The Morgan fingerprint density at radius 3 is 2.74 bits per heavy atom. The van der Waals surface area contributed by atoms with Gasteiger partial charge in [-0.25, -0.2) is 0 Å². The van der Waals surface area contributed by atoms with Gasteiger partial charge in [0.15, 0.2) is 0 Å². The molecule has 0 saturated carbocycles. The van der Waals surface area contributed by atoms with E-state index in [2.05, 4.69) is 45.7 Å². The molecule has 0 fully saturated rings. The van der Waals surface area contributed by atoms with E-state index < -0.39 is 0 Å². The molecule has 3 rings (SSSR count). The lowest BCUT2D eigenvalue weighted by Crippen LogP contribution is -2.43. The second-order valence-electron chi connectivity index (χ2n) is 5.84. The Hall–Kier alpha value is -2.40. The molecule has 2 heterocycles. The van der Waals surface area contributed by atoms with Crippen molar-refractivity contribution in [3.05, 3.63) is 53.7 Å². The zero-order chi connectivity index (χ0) is 16.2. The van der Waals surface area contributed by atoms with Crippen molar-refractivity contribution in [2.45, 2.75) is 26.3 Å². The Morgan fingerprint density at radius 2 is 2.13 bits per heavy atom. The third-order valence-electron chi connectivity index (χ3n) is 4.19. The molecule has 0 saturated heterocycles. The molecule has 1 amide bonds. The highest BCUT2D eigenvalue weighted by atomic mass is 16.5. The van der Waals surface area contributed by atoms with Crippen molar-refractivity contribution in [2.24, 2.45) is 0 Å². The molecule has 1 aromatic heterocycles. The molecule has 120 valence electrons. The first-order chi connectivity index (χ1) is 11.1. The van der Waals surface area contributed by atoms with Crippen LogP contribution in [0.15, 0.2) is 47.0 Å². The summed E-state index contributed by atoms with van der Waals surface area (Å²) in [6.07, 6.45) is 3.16. The summed E-state index contributed by atoms with van der Waals surface area (Å²) in [5.74, 6) is 0.328. The molecular formula is C18H21N3O2. The van der Waals surface area contributed by atoms with Crippen LogP contribution in [0.5, 0.6) is 0 Å². The van der Waals surface area contributed by atoms with Crippen molar-refractivity contribution < 1.29 is 9.32 Å². The first-order valence-corrected chi connectivity index (χ1v) is 7.86. The van der Waals surface area contributed by atoms with E-state index in [9.17, 15) is 4.79 Å². The molecule has 23 heavy (non-hydrogen) atoms. The minimum Gasteiger partial charge on any atom is -0.338 e. The third-order valence-corrected chi connectivity index (χ3v) is 4.19. The average Bonchev–Trinajstić information content (AvgIpc) is 3.00. The first kappa shape index (κ1) is 15.5. The monoisotopic (exact) mass is 311 g/mol. The Labute approximate surface area is 136 Å². The van der Waals surface area contributed by atoms with E-state index in [4.69, 9.17) is 4.52 Å². The topological polar surface area (TPSA) is 58.4 Å². The van der Waals surface area contributed by atoms with Crippen LogP contribution in [0, 0.1) is 6.92 Å². The van der Waals surface area contributed by atoms with E-state index in [1.54, 1.807) is 6.07 Å². The largest absolute Gasteiger partial charge is 0.338 e. The second kappa shape index (κ2) is 6.79. The highest BCUT2D eigenvalue weighted by molar-refractivity contribution is 5.93. The Bertz CT molecular complexity index is 706. The van der Waals surface area contributed by atoms with Crippen molar-refractivity contribution in [3.8, 4) is 0 Å². The van der Waals surface area contributed by atoms with E-state index in [1.165, 1.54) is 11.1 Å². The molecule has 0 aliphatic carbocycles. The van der Waals surface area contributed by atoms with Gasteiger partial charge in [-0.05, 0) is 31.4 Å². The molecule has 5 nitrogen and oxygen atoms in total. The predicted molar refractivity (Wildman–Crippen MR) is 89.9 cm³/mol. The molecule has 0 bridgehead atoms. The summed E-state index contributed by atoms with van der Waals surface area (Å²) in [6, 6.07) is 11.9. The van der Waals surface area contributed by atoms with Crippen LogP contribution in [0.25, 0.3) is 5.57 Å². The van der Waals surface area contributed by atoms with E-state index in [0.717, 1.165) is 25.2 Å². The number of benzene rings is 1. The van der Waals surface area contributed by atoms with Crippen LogP contribution < -0.4 is 5.32 Å². The zero-order valence-electron chi connectivity index (χ0n) is 13.5. The maximum absolute atomic E-state index is 12.3. The molecule has 2 aromatic rings. The van der Waals surface area contributed by atoms with Gasteiger partial charge in [0.05, 0.1) is 11.7 Å². The van der Waals surface area contributed by atoms with Gasteiger partial charge >= 0.3 is 0 Å². The maximum Gasteiger partial charge on any atom is 0.243 e. The summed E-state index contributed by atoms with van der Waals surface area (Å²) in [4.78, 5) is 14.5. The fourth-order valence-electron chi connectivity index (χ4n) is 2.77. The molecule has 1 atom stereocenters. The smallest absolute Gasteiger partial charge is 0.243 e. The van der Waals surface area contributed by atoms with Crippen LogP contribution in [0.1, 0.15) is 24.6 Å². The van der Waals surface area contributed by atoms with Crippen LogP contribution in [-0.4, -0.2) is 35.1 Å². The molecular weight excluding hydrogens is 290 g/mol. The van der Waals surface area contributed by atoms with Gasteiger partial charge < -0.3 is 4.52 Å². The fraction of sp³-hybridized carbons (Fsp3) is 0.333. The minimum absolute atomic E-state index is 0.0716. The van der Waals surface area contributed by atoms with Crippen LogP contribution in [0.2, 0.25) is 0 Å². The lowest BCUT2D eigenvalue weighted by molar-refractivity contribution is -0.120. The summed E-state index contributed by atoms with van der Waals surface area (Å²) in [6.45, 7) is 5.38. The quantitative estimate of drug-likeness (QED) is 0.942. The van der Waals surface area contributed by atoms with Gasteiger partial charge in [0, 0.05) is 19.2 Å². The lowest BCUT2D eigenvalue weighted by atomic mass is 9.99. The molecule has 0 unspecified atom stereocenters. The number of anilines is 1. The average molecular weight is 311 g/mol. The number of nitrogens with one attached hydrogen (secondary N) is 1. The second-order valence-corrected chi connectivity index (χ2v) is 5.84. The molecule has 1 N–H and O–H groups in total. The van der Waals surface area contributed by atoms with Crippen molar-refractivity contribution in [3.63, 3.8) is 0 Å². The van der Waals surface area contributed by atoms with Gasteiger partial charge in [-0.2, -0.15) is 0 Å². The number of nitrogens with zero attached hydrogens (tertiary/aromatic N) is 2. The van der Waals surface area contributed by atoms with Gasteiger partial charge in [-0.15, -0.1) is 0 Å². The number of amides is 1. The molecule has 0 spiro atoms. The van der Waals surface area contributed by atoms with Gasteiger partial charge in [0.2, 0.25) is 11.8 Å². The Balaban J connectivity index is 1.60. The van der Waals surface area contributed by atoms with Crippen molar-refractivity contribution in [1.29, 1.82) is 0 Å². The van der Waals surface area contributed by atoms with E-state index >= 15 is 0 Å². The Kier molecular flexibility index (Phi) is 4.57. The maximum atomic E-state index is 12.3. The van der Waals surface area contributed by atoms with Crippen LogP contribution in [0.4, 0.5) is 5.88 Å². The molecule has 1 aromatic carbocycles. The number of hydrogen-bond donors (Lipinski definition) is 1.